The maximum Gasteiger partial charge on any atom is 0.338 e. The summed E-state index contributed by atoms with van der Waals surface area (Å²) in [6.07, 6.45) is 2.19. The van der Waals surface area contributed by atoms with E-state index in [-0.39, 0.29) is 40.0 Å². The Labute approximate surface area is 225 Å². The quantitative estimate of drug-likeness (QED) is 0.314. The van der Waals surface area contributed by atoms with E-state index in [1.165, 1.54) is 12.1 Å². The van der Waals surface area contributed by atoms with E-state index < -0.39 is 30.3 Å². The van der Waals surface area contributed by atoms with Crippen LogP contribution in [0.1, 0.15) is 41.8 Å². The molecule has 3 amide bonds. The summed E-state index contributed by atoms with van der Waals surface area (Å²) in [6.45, 7) is 3.55. The van der Waals surface area contributed by atoms with Gasteiger partial charge in [-0.25, -0.2) is 4.79 Å². The number of nitrogens with one attached hydrogen (secondary N) is 1. The van der Waals surface area contributed by atoms with Crippen molar-refractivity contribution >= 4 is 58.3 Å². The van der Waals surface area contributed by atoms with Crippen LogP contribution in [0.3, 0.4) is 0 Å². The van der Waals surface area contributed by atoms with E-state index in [2.05, 4.69) is 5.32 Å². The van der Waals surface area contributed by atoms with E-state index in [4.69, 9.17) is 27.9 Å². The Morgan fingerprint density at radius 1 is 0.946 bits per heavy atom. The number of carbonyl (C=O) groups excluding carboxylic acids is 4. The van der Waals surface area contributed by atoms with E-state index in [9.17, 15) is 19.2 Å². The molecule has 0 radical (unpaired) electrons. The van der Waals surface area contributed by atoms with Crippen molar-refractivity contribution in [3.05, 3.63) is 59.2 Å². The molecule has 0 spiro atoms. The number of fused-ring (bicyclic) bond motifs is 5. The lowest BCUT2D eigenvalue weighted by Gasteiger charge is -2.28. The van der Waals surface area contributed by atoms with Crippen LogP contribution in [0.4, 0.5) is 11.4 Å². The van der Waals surface area contributed by atoms with Crippen molar-refractivity contribution in [1.82, 2.24) is 0 Å². The predicted molar refractivity (Wildman–Crippen MR) is 141 cm³/mol. The number of anilines is 2. The van der Waals surface area contributed by atoms with Gasteiger partial charge in [0.25, 0.3) is 5.91 Å². The molecule has 9 heteroatoms. The standard InChI is InChI=1S/C28H28Cl2N2O5/c1-3-14-7-5-8-15(4-2)25(14)31-20(33)13-37-28(36)16-9-6-10-17(11-16)32-26(34)21-18-12-19(22(21)27(32)35)24(30)23(18)29/h5-11,18-19,21-24H,3-4,12-13H2,1-2H3,(H,31,33)/t18-,19-,21-,22-,23+,24+/m1/s1. The molecule has 2 saturated carbocycles. The van der Waals surface area contributed by atoms with Crippen LogP contribution in [0.2, 0.25) is 0 Å². The highest BCUT2D eigenvalue weighted by molar-refractivity contribution is 6.32. The van der Waals surface area contributed by atoms with Crippen LogP contribution in [0.15, 0.2) is 42.5 Å². The molecule has 2 bridgehead atoms. The predicted octanol–water partition coefficient (Wildman–Crippen LogP) is 4.58. The number of esters is 1. The van der Waals surface area contributed by atoms with Crippen LogP contribution in [-0.2, 0) is 32.0 Å². The normalized spacial score (nSPS) is 27.9. The fourth-order valence-corrected chi connectivity index (χ4v) is 7.06. The number of hydrogen-bond donors (Lipinski definition) is 1. The molecule has 0 aromatic heterocycles. The highest BCUT2D eigenvalue weighted by atomic mass is 35.5. The molecule has 1 heterocycles. The van der Waals surface area contributed by atoms with Crippen LogP contribution in [0.5, 0.6) is 0 Å². The number of ether oxygens (including phenoxy) is 1. The van der Waals surface area contributed by atoms with Crippen molar-refractivity contribution in [2.75, 3.05) is 16.8 Å². The third-order valence-electron chi connectivity index (χ3n) is 7.92. The van der Waals surface area contributed by atoms with Crippen LogP contribution < -0.4 is 10.2 Å². The Balaban J connectivity index is 1.27. The van der Waals surface area contributed by atoms with E-state index in [0.717, 1.165) is 34.6 Å². The zero-order valence-electron chi connectivity index (χ0n) is 20.6. The number of amides is 3. The van der Waals surface area contributed by atoms with E-state index in [1.54, 1.807) is 12.1 Å². The Morgan fingerprint density at radius 3 is 2.08 bits per heavy atom. The first-order valence-corrected chi connectivity index (χ1v) is 13.5. The molecule has 2 aliphatic carbocycles. The van der Waals surface area contributed by atoms with Gasteiger partial charge in [-0.15, -0.1) is 23.2 Å². The second-order valence-electron chi connectivity index (χ2n) is 9.85. The molecular formula is C28H28Cl2N2O5. The lowest BCUT2D eigenvalue weighted by atomic mass is 9.80. The summed E-state index contributed by atoms with van der Waals surface area (Å²) in [5.74, 6) is -2.98. The highest BCUT2D eigenvalue weighted by Crippen LogP contribution is 2.59. The van der Waals surface area contributed by atoms with Crippen molar-refractivity contribution in [3.8, 4) is 0 Å². The van der Waals surface area contributed by atoms with Gasteiger partial charge in [-0.3, -0.25) is 19.3 Å². The number of hydrogen-bond acceptors (Lipinski definition) is 5. The lowest BCUT2D eigenvalue weighted by Crippen LogP contribution is -2.37. The summed E-state index contributed by atoms with van der Waals surface area (Å²) in [7, 11) is 0. The van der Waals surface area contributed by atoms with Crippen LogP contribution in [0.25, 0.3) is 0 Å². The molecular weight excluding hydrogens is 515 g/mol. The zero-order chi connectivity index (χ0) is 26.4. The Morgan fingerprint density at radius 2 is 1.51 bits per heavy atom. The maximum atomic E-state index is 13.2. The third-order valence-corrected chi connectivity index (χ3v) is 9.24. The molecule has 2 aromatic rings. The second-order valence-corrected chi connectivity index (χ2v) is 10.9. The number of rotatable bonds is 7. The fraction of sp³-hybridized carbons (Fsp3) is 0.429. The van der Waals surface area contributed by atoms with Gasteiger partial charge in [-0.2, -0.15) is 0 Å². The van der Waals surface area contributed by atoms with Gasteiger partial charge < -0.3 is 10.1 Å². The van der Waals surface area contributed by atoms with Gasteiger partial charge in [0, 0.05) is 5.69 Å². The van der Waals surface area contributed by atoms with E-state index in [0.29, 0.717) is 12.1 Å². The minimum absolute atomic E-state index is 0.127. The topological polar surface area (TPSA) is 92.8 Å². The monoisotopic (exact) mass is 542 g/mol. The smallest absolute Gasteiger partial charge is 0.338 e. The average Bonchev–Trinajstić information content (AvgIpc) is 3.52. The minimum Gasteiger partial charge on any atom is -0.452 e. The summed E-state index contributed by atoms with van der Waals surface area (Å²) in [6, 6.07) is 12.0. The molecule has 1 aliphatic heterocycles. The van der Waals surface area contributed by atoms with Crippen molar-refractivity contribution in [2.24, 2.45) is 23.7 Å². The number of benzene rings is 2. The first-order chi connectivity index (χ1) is 17.8. The van der Waals surface area contributed by atoms with Crippen molar-refractivity contribution in [3.63, 3.8) is 0 Å². The number of carbonyl (C=O) groups is 4. The summed E-state index contributed by atoms with van der Waals surface area (Å²) in [5.41, 5.74) is 3.19. The molecule has 5 rings (SSSR count). The molecule has 37 heavy (non-hydrogen) atoms. The zero-order valence-corrected chi connectivity index (χ0v) is 22.1. The molecule has 194 valence electrons. The number of imide groups is 1. The molecule has 1 N–H and O–H groups in total. The molecule has 3 fully saturated rings. The summed E-state index contributed by atoms with van der Waals surface area (Å²) in [5, 5.41) is 2.19. The highest BCUT2D eigenvalue weighted by Gasteiger charge is 2.66. The fourth-order valence-electron chi connectivity index (χ4n) is 6.17. The number of aryl methyl sites for hydroxylation is 2. The average molecular weight is 543 g/mol. The number of alkyl halides is 2. The van der Waals surface area contributed by atoms with Gasteiger partial charge in [-0.05, 0) is 60.4 Å². The Hall–Kier alpha value is -2.90. The van der Waals surface area contributed by atoms with Crippen molar-refractivity contribution in [2.45, 2.75) is 43.9 Å². The van der Waals surface area contributed by atoms with E-state index >= 15 is 0 Å². The van der Waals surface area contributed by atoms with Crippen LogP contribution >= 0.6 is 23.2 Å². The summed E-state index contributed by atoms with van der Waals surface area (Å²) >= 11 is 12.9. The van der Waals surface area contributed by atoms with Crippen LogP contribution in [0, 0.1) is 23.7 Å². The molecule has 1 saturated heterocycles. The first-order valence-electron chi connectivity index (χ1n) is 12.6. The number of halogens is 2. The van der Waals surface area contributed by atoms with Crippen molar-refractivity contribution in [1.29, 1.82) is 0 Å². The molecule has 7 nitrogen and oxygen atoms in total. The summed E-state index contributed by atoms with van der Waals surface area (Å²) < 4.78 is 5.25. The largest absolute Gasteiger partial charge is 0.452 e. The van der Waals surface area contributed by atoms with Gasteiger partial charge in [-0.1, -0.05) is 38.1 Å². The first kappa shape index (κ1) is 25.7. The molecule has 3 aliphatic rings. The Kier molecular flexibility index (Phi) is 7.03. The minimum atomic E-state index is -0.725. The third kappa shape index (κ3) is 4.32. The van der Waals surface area contributed by atoms with Gasteiger partial charge >= 0.3 is 5.97 Å². The lowest BCUT2D eigenvalue weighted by molar-refractivity contribution is -0.123. The maximum absolute atomic E-state index is 13.2. The molecule has 2 aromatic carbocycles. The molecule has 0 unspecified atom stereocenters. The van der Waals surface area contributed by atoms with Gasteiger partial charge in [0.1, 0.15) is 0 Å². The van der Waals surface area contributed by atoms with Crippen molar-refractivity contribution < 1.29 is 23.9 Å². The Bertz CT molecular complexity index is 1230. The van der Waals surface area contributed by atoms with Gasteiger partial charge in [0.15, 0.2) is 6.61 Å². The SMILES string of the molecule is CCc1cccc(CC)c1NC(=O)COC(=O)c1cccc(N2C(=O)[C@@H]3[C@H]4C[C@@H]([C@H](Cl)[C@H]4Cl)[C@H]3C2=O)c1. The second kappa shape index (κ2) is 10.1. The van der Waals surface area contributed by atoms with Crippen LogP contribution in [-0.4, -0.2) is 41.1 Å². The van der Waals surface area contributed by atoms with Gasteiger partial charge in [0.05, 0.1) is 33.8 Å². The summed E-state index contributed by atoms with van der Waals surface area (Å²) in [4.78, 5) is 53.0. The number of para-hydroxylation sites is 1. The van der Waals surface area contributed by atoms with E-state index in [1.807, 2.05) is 32.0 Å². The molecule has 6 atom stereocenters. The van der Waals surface area contributed by atoms with Gasteiger partial charge in [0.2, 0.25) is 11.8 Å². The number of nitrogens with zero attached hydrogens (tertiary/aromatic N) is 1.